The molecule has 1 amide bonds. The fourth-order valence-corrected chi connectivity index (χ4v) is 3.21. The van der Waals surface area contributed by atoms with E-state index >= 15 is 0 Å². The minimum Gasteiger partial charge on any atom is -0.345 e. The number of hydrogen-bond donors (Lipinski definition) is 2. The predicted molar refractivity (Wildman–Crippen MR) is 101 cm³/mol. The SMILES string of the molecule is O=C(NCc1csc(-c2ncccn2)n1)c1cc(=O)n(-c2ccccc2)[nH]1. The van der Waals surface area contributed by atoms with Gasteiger partial charge in [-0.1, -0.05) is 18.2 Å². The maximum atomic E-state index is 12.3. The molecular weight excluding hydrogens is 364 g/mol. The smallest absolute Gasteiger partial charge is 0.271 e. The van der Waals surface area contributed by atoms with E-state index in [-0.39, 0.29) is 23.7 Å². The fraction of sp³-hybridized carbons (Fsp3) is 0.0556. The molecule has 4 aromatic rings. The van der Waals surface area contributed by atoms with E-state index in [0.717, 1.165) is 0 Å². The standard InChI is InChI=1S/C18H14N6O2S/c25-15-9-14(23-24(15)13-5-2-1-3-6-13)17(26)21-10-12-11-27-18(22-12)16-19-7-4-8-20-16/h1-9,11,23H,10H2,(H,21,26). The number of aromatic amines is 1. The van der Waals surface area contributed by atoms with Gasteiger partial charge in [0.2, 0.25) is 0 Å². The zero-order chi connectivity index (χ0) is 18.6. The lowest BCUT2D eigenvalue weighted by molar-refractivity contribution is 0.0945. The van der Waals surface area contributed by atoms with Crippen LogP contribution in [-0.4, -0.2) is 30.6 Å². The van der Waals surface area contributed by atoms with Gasteiger partial charge in [-0.15, -0.1) is 11.3 Å². The van der Waals surface area contributed by atoms with Crippen molar-refractivity contribution in [1.82, 2.24) is 30.0 Å². The molecule has 0 saturated carbocycles. The Hall–Kier alpha value is -3.59. The molecule has 9 heteroatoms. The molecule has 0 aliphatic heterocycles. The highest BCUT2D eigenvalue weighted by molar-refractivity contribution is 7.13. The quantitative estimate of drug-likeness (QED) is 0.553. The second kappa shape index (κ2) is 7.34. The molecule has 0 unspecified atom stereocenters. The average Bonchev–Trinajstić information content (AvgIpc) is 3.34. The molecule has 27 heavy (non-hydrogen) atoms. The Balaban J connectivity index is 1.45. The fourth-order valence-electron chi connectivity index (χ4n) is 2.45. The minimum atomic E-state index is -0.382. The van der Waals surface area contributed by atoms with Crippen LogP contribution in [0.4, 0.5) is 0 Å². The molecule has 4 rings (SSSR count). The molecule has 0 bridgehead atoms. The van der Waals surface area contributed by atoms with Crippen molar-refractivity contribution in [1.29, 1.82) is 0 Å². The maximum absolute atomic E-state index is 12.3. The van der Waals surface area contributed by atoms with Crippen LogP contribution in [-0.2, 0) is 6.54 Å². The van der Waals surface area contributed by atoms with E-state index in [4.69, 9.17) is 0 Å². The Kier molecular flexibility index (Phi) is 4.58. The van der Waals surface area contributed by atoms with Gasteiger partial charge in [-0.3, -0.25) is 14.7 Å². The molecule has 0 aliphatic carbocycles. The first kappa shape index (κ1) is 16.9. The number of nitrogens with zero attached hydrogens (tertiary/aromatic N) is 4. The summed E-state index contributed by atoms with van der Waals surface area (Å²) < 4.78 is 1.32. The van der Waals surface area contributed by atoms with Crippen molar-refractivity contribution in [2.75, 3.05) is 0 Å². The number of thiazole rings is 1. The van der Waals surface area contributed by atoms with Crippen LogP contribution in [0.5, 0.6) is 0 Å². The number of amides is 1. The van der Waals surface area contributed by atoms with E-state index in [1.807, 2.05) is 23.6 Å². The van der Waals surface area contributed by atoms with Gasteiger partial charge in [0, 0.05) is 23.8 Å². The van der Waals surface area contributed by atoms with Gasteiger partial charge in [0.15, 0.2) is 10.8 Å². The summed E-state index contributed by atoms with van der Waals surface area (Å²) in [6, 6.07) is 12.1. The van der Waals surface area contributed by atoms with Crippen LogP contribution in [0.2, 0.25) is 0 Å². The molecule has 0 aliphatic rings. The highest BCUT2D eigenvalue weighted by atomic mass is 32.1. The Labute approximate surface area is 157 Å². The number of benzene rings is 1. The van der Waals surface area contributed by atoms with E-state index in [0.29, 0.717) is 22.2 Å². The van der Waals surface area contributed by atoms with Crippen LogP contribution in [0.1, 0.15) is 16.2 Å². The van der Waals surface area contributed by atoms with Crippen LogP contribution < -0.4 is 10.9 Å². The zero-order valence-electron chi connectivity index (χ0n) is 14.0. The van der Waals surface area contributed by atoms with Gasteiger partial charge in [0.25, 0.3) is 11.5 Å². The molecule has 8 nitrogen and oxygen atoms in total. The average molecular weight is 378 g/mol. The van der Waals surface area contributed by atoms with Crippen molar-refractivity contribution in [3.05, 3.63) is 82.0 Å². The molecular formula is C18H14N6O2S. The van der Waals surface area contributed by atoms with Crippen LogP contribution in [0, 0.1) is 0 Å². The summed E-state index contributed by atoms with van der Waals surface area (Å²) in [6.45, 7) is 0.237. The van der Waals surface area contributed by atoms with Gasteiger partial charge in [-0.25, -0.2) is 19.6 Å². The summed E-state index contributed by atoms with van der Waals surface area (Å²) in [6.07, 6.45) is 3.30. The number of para-hydroxylation sites is 1. The highest BCUT2D eigenvalue weighted by Crippen LogP contribution is 2.19. The molecule has 1 aromatic carbocycles. The first-order valence-corrected chi connectivity index (χ1v) is 8.96. The molecule has 0 radical (unpaired) electrons. The van der Waals surface area contributed by atoms with Gasteiger partial charge < -0.3 is 5.32 Å². The zero-order valence-corrected chi connectivity index (χ0v) is 14.8. The van der Waals surface area contributed by atoms with E-state index in [1.54, 1.807) is 30.6 Å². The minimum absolute atomic E-state index is 0.186. The molecule has 0 atom stereocenters. The van der Waals surface area contributed by atoms with Crippen molar-refractivity contribution >= 4 is 17.2 Å². The molecule has 3 aromatic heterocycles. The number of H-pyrrole nitrogens is 1. The van der Waals surface area contributed by atoms with E-state index in [2.05, 4.69) is 25.4 Å². The number of carbonyl (C=O) groups excluding carboxylic acids is 1. The number of nitrogens with one attached hydrogen (secondary N) is 2. The van der Waals surface area contributed by atoms with Gasteiger partial charge in [0.1, 0.15) is 5.69 Å². The van der Waals surface area contributed by atoms with Crippen LogP contribution in [0.3, 0.4) is 0 Å². The van der Waals surface area contributed by atoms with E-state index in [1.165, 1.54) is 22.1 Å². The molecule has 0 spiro atoms. The third kappa shape index (κ3) is 3.67. The second-order valence-electron chi connectivity index (χ2n) is 5.58. The number of aromatic nitrogens is 5. The third-order valence-corrected chi connectivity index (χ3v) is 4.61. The highest BCUT2D eigenvalue weighted by Gasteiger charge is 2.13. The number of carbonyl (C=O) groups is 1. The Morgan fingerprint density at radius 3 is 2.70 bits per heavy atom. The summed E-state index contributed by atoms with van der Waals surface area (Å²) in [4.78, 5) is 37.2. The molecule has 2 N–H and O–H groups in total. The van der Waals surface area contributed by atoms with Gasteiger partial charge in [-0.2, -0.15) is 0 Å². The lowest BCUT2D eigenvalue weighted by Gasteiger charge is -2.02. The van der Waals surface area contributed by atoms with Crippen molar-refractivity contribution in [3.63, 3.8) is 0 Å². The molecule has 134 valence electrons. The Morgan fingerprint density at radius 2 is 1.93 bits per heavy atom. The van der Waals surface area contributed by atoms with Crippen molar-refractivity contribution in [3.8, 4) is 16.5 Å². The third-order valence-electron chi connectivity index (χ3n) is 3.72. The van der Waals surface area contributed by atoms with Crippen molar-refractivity contribution in [2.45, 2.75) is 6.54 Å². The number of hydrogen-bond acceptors (Lipinski definition) is 6. The monoisotopic (exact) mass is 378 g/mol. The predicted octanol–water partition coefficient (Wildman–Crippen LogP) is 2.01. The first-order chi connectivity index (χ1) is 13.2. The molecule has 0 fully saturated rings. The van der Waals surface area contributed by atoms with Crippen molar-refractivity contribution < 1.29 is 4.79 Å². The topological polar surface area (TPSA) is 106 Å². The number of rotatable bonds is 5. The Morgan fingerprint density at radius 1 is 1.15 bits per heavy atom. The maximum Gasteiger partial charge on any atom is 0.271 e. The second-order valence-corrected chi connectivity index (χ2v) is 6.44. The summed E-state index contributed by atoms with van der Waals surface area (Å²) in [7, 11) is 0. The largest absolute Gasteiger partial charge is 0.345 e. The summed E-state index contributed by atoms with van der Waals surface area (Å²) in [5.74, 6) is 0.164. The van der Waals surface area contributed by atoms with Gasteiger partial charge in [0.05, 0.1) is 17.9 Å². The van der Waals surface area contributed by atoms with Crippen LogP contribution in [0.25, 0.3) is 16.5 Å². The van der Waals surface area contributed by atoms with E-state index in [9.17, 15) is 9.59 Å². The Bertz CT molecular complexity index is 1120. The normalized spacial score (nSPS) is 10.7. The molecule has 3 heterocycles. The van der Waals surface area contributed by atoms with Gasteiger partial charge >= 0.3 is 0 Å². The van der Waals surface area contributed by atoms with Crippen LogP contribution >= 0.6 is 11.3 Å². The summed E-state index contributed by atoms with van der Waals surface area (Å²) >= 11 is 1.40. The van der Waals surface area contributed by atoms with Crippen LogP contribution in [0.15, 0.2) is 65.0 Å². The first-order valence-electron chi connectivity index (χ1n) is 8.08. The van der Waals surface area contributed by atoms with Gasteiger partial charge in [-0.05, 0) is 18.2 Å². The van der Waals surface area contributed by atoms with Crippen molar-refractivity contribution in [2.24, 2.45) is 0 Å². The summed E-state index contributed by atoms with van der Waals surface area (Å²) in [5.41, 5.74) is 1.24. The lowest BCUT2D eigenvalue weighted by Crippen LogP contribution is -2.23. The lowest BCUT2D eigenvalue weighted by atomic mass is 10.3. The molecule has 0 saturated heterocycles. The van der Waals surface area contributed by atoms with E-state index < -0.39 is 0 Å². The summed E-state index contributed by atoms with van der Waals surface area (Å²) in [5, 5.41) is 8.09.